The van der Waals surface area contributed by atoms with Crippen molar-refractivity contribution >= 4 is 46.6 Å². The number of hydrogen-bond donors (Lipinski definition) is 1. The number of ether oxygens (including phenoxy) is 2. The molecule has 0 bridgehead atoms. The van der Waals surface area contributed by atoms with Crippen LogP contribution in [0.25, 0.3) is 0 Å². The average Bonchev–Trinajstić information content (AvgIpc) is 3.10. The van der Waals surface area contributed by atoms with E-state index in [2.05, 4.69) is 4.98 Å². The highest BCUT2D eigenvalue weighted by Crippen LogP contribution is 2.40. The van der Waals surface area contributed by atoms with E-state index in [1.54, 1.807) is 24.4 Å². The van der Waals surface area contributed by atoms with Gasteiger partial charge in [0.25, 0.3) is 0 Å². The molecule has 0 aliphatic carbocycles. The van der Waals surface area contributed by atoms with Crippen LogP contribution in [0.2, 0.25) is 10.0 Å². The van der Waals surface area contributed by atoms with E-state index in [1.165, 1.54) is 16.2 Å². The number of benzene rings is 1. The zero-order chi connectivity index (χ0) is 24.3. The van der Waals surface area contributed by atoms with Crippen LogP contribution in [-0.4, -0.2) is 52.9 Å². The molecule has 1 aromatic heterocycles. The van der Waals surface area contributed by atoms with E-state index in [9.17, 15) is 14.7 Å². The van der Waals surface area contributed by atoms with Crippen molar-refractivity contribution in [2.45, 2.75) is 46.3 Å². The minimum absolute atomic E-state index is 0.249. The fourth-order valence-electron chi connectivity index (χ4n) is 3.76. The lowest BCUT2D eigenvalue weighted by Crippen LogP contribution is -2.42. The third kappa shape index (κ3) is 6.38. The molecule has 3 atom stereocenters. The van der Waals surface area contributed by atoms with Crippen LogP contribution >= 0.6 is 34.5 Å². The van der Waals surface area contributed by atoms with Gasteiger partial charge < -0.3 is 19.5 Å². The predicted octanol–water partition coefficient (Wildman–Crippen LogP) is 5.95. The fraction of sp³-hybridized carbons (Fsp3) is 0.522. The zero-order valence-corrected chi connectivity index (χ0v) is 21.3. The second-order valence-corrected chi connectivity index (χ2v) is 10.8. The summed E-state index contributed by atoms with van der Waals surface area (Å²) in [7, 11) is 0. The monoisotopic (exact) mass is 514 g/mol. The molecule has 1 unspecified atom stereocenters. The molecule has 0 saturated carbocycles. The fourth-order valence-corrected chi connectivity index (χ4v) is 4.92. The van der Waals surface area contributed by atoms with Gasteiger partial charge in [-0.05, 0) is 30.0 Å². The molecule has 3 rings (SSSR count). The topological polar surface area (TPSA) is 89.0 Å². The Labute approximate surface area is 207 Å². The van der Waals surface area contributed by atoms with Crippen LogP contribution < -0.4 is 0 Å². The molecular weight excluding hydrogens is 487 g/mol. The molecule has 33 heavy (non-hydrogen) atoms. The number of thiazole rings is 1. The summed E-state index contributed by atoms with van der Waals surface area (Å²) in [6.07, 6.45) is -1.36. The number of nitrogens with zero attached hydrogens (tertiary/aromatic N) is 2. The molecule has 1 saturated heterocycles. The Balaban J connectivity index is 1.99. The van der Waals surface area contributed by atoms with Gasteiger partial charge in [0.15, 0.2) is 5.69 Å². The summed E-state index contributed by atoms with van der Waals surface area (Å²) < 4.78 is 11.6. The van der Waals surface area contributed by atoms with E-state index < -0.39 is 18.2 Å². The Bertz CT molecular complexity index is 1010. The van der Waals surface area contributed by atoms with E-state index >= 15 is 0 Å². The highest BCUT2D eigenvalue weighted by molar-refractivity contribution is 7.09. The van der Waals surface area contributed by atoms with Crippen LogP contribution in [0.5, 0.6) is 0 Å². The van der Waals surface area contributed by atoms with Gasteiger partial charge in [0.1, 0.15) is 0 Å². The second kappa shape index (κ2) is 10.6. The number of aromatic nitrogens is 1. The molecular formula is C23H28Cl2N2O5S. The predicted molar refractivity (Wildman–Crippen MR) is 128 cm³/mol. The van der Waals surface area contributed by atoms with Gasteiger partial charge in [-0.3, -0.25) is 0 Å². The van der Waals surface area contributed by atoms with E-state index in [-0.39, 0.29) is 42.8 Å². The first-order chi connectivity index (χ1) is 15.5. The second-order valence-electron chi connectivity index (χ2n) is 9.08. The van der Waals surface area contributed by atoms with Crippen molar-refractivity contribution in [2.75, 3.05) is 19.7 Å². The summed E-state index contributed by atoms with van der Waals surface area (Å²) in [6, 6.07) is 5.34. The lowest BCUT2D eigenvalue weighted by molar-refractivity contribution is -0.0768. The van der Waals surface area contributed by atoms with Crippen molar-refractivity contribution in [3.05, 3.63) is 49.9 Å². The van der Waals surface area contributed by atoms with Crippen molar-refractivity contribution in [1.29, 1.82) is 0 Å². The number of rotatable bonds is 5. The van der Waals surface area contributed by atoms with Crippen LogP contribution in [0.4, 0.5) is 4.79 Å². The molecule has 1 fully saturated rings. The number of hydrogen-bond acceptors (Lipinski definition) is 6. The summed E-state index contributed by atoms with van der Waals surface area (Å²) in [5, 5.41) is 13.1. The number of amides is 1. The molecule has 1 amide bonds. The minimum atomic E-state index is -1.00. The first-order valence-corrected chi connectivity index (χ1v) is 12.3. The van der Waals surface area contributed by atoms with Crippen molar-refractivity contribution in [3.63, 3.8) is 0 Å². The van der Waals surface area contributed by atoms with Gasteiger partial charge in [0, 0.05) is 24.3 Å². The summed E-state index contributed by atoms with van der Waals surface area (Å²) in [4.78, 5) is 29.9. The summed E-state index contributed by atoms with van der Waals surface area (Å²) in [5.41, 5.74) is 0.771. The third-order valence-electron chi connectivity index (χ3n) is 5.56. The molecule has 1 aromatic carbocycles. The maximum Gasteiger partial charge on any atom is 0.407 e. The Morgan fingerprint density at radius 2 is 2.00 bits per heavy atom. The highest BCUT2D eigenvalue weighted by Gasteiger charge is 2.40. The SMILES string of the molecule is CCOC(=O)c1csc(C[C@@H]2CN(C(=O)O)CC(C(C)(C)C)O[C@H]2c2ccc(Cl)c(Cl)c2)n1. The first kappa shape index (κ1) is 25.7. The van der Waals surface area contributed by atoms with Crippen LogP contribution in [0.15, 0.2) is 23.6 Å². The molecule has 10 heteroatoms. The van der Waals surface area contributed by atoms with E-state index in [0.717, 1.165) is 5.56 Å². The highest BCUT2D eigenvalue weighted by atomic mass is 35.5. The van der Waals surface area contributed by atoms with Gasteiger partial charge >= 0.3 is 12.1 Å². The lowest BCUT2D eigenvalue weighted by Gasteiger charge is -2.34. The zero-order valence-electron chi connectivity index (χ0n) is 19.0. The van der Waals surface area contributed by atoms with Crippen LogP contribution in [0.3, 0.4) is 0 Å². The quantitative estimate of drug-likeness (QED) is 0.495. The molecule has 1 N–H and O–H groups in total. The number of carboxylic acid groups (broad SMARTS) is 1. The molecule has 180 valence electrons. The van der Waals surface area contributed by atoms with Crippen LogP contribution in [0.1, 0.15) is 54.9 Å². The van der Waals surface area contributed by atoms with Crippen LogP contribution in [-0.2, 0) is 15.9 Å². The van der Waals surface area contributed by atoms with Gasteiger partial charge in [0.2, 0.25) is 0 Å². The van der Waals surface area contributed by atoms with Crippen molar-refractivity contribution < 1.29 is 24.2 Å². The van der Waals surface area contributed by atoms with E-state index in [1.807, 2.05) is 26.8 Å². The molecule has 0 radical (unpaired) electrons. The smallest absolute Gasteiger partial charge is 0.407 e. The third-order valence-corrected chi connectivity index (χ3v) is 7.17. The van der Waals surface area contributed by atoms with Crippen molar-refractivity contribution in [2.24, 2.45) is 11.3 Å². The first-order valence-electron chi connectivity index (χ1n) is 10.7. The Morgan fingerprint density at radius 1 is 1.27 bits per heavy atom. The summed E-state index contributed by atoms with van der Waals surface area (Å²) >= 11 is 13.8. The minimum Gasteiger partial charge on any atom is -0.465 e. The number of carbonyl (C=O) groups is 2. The molecule has 2 heterocycles. The molecule has 1 aliphatic heterocycles. The van der Waals surface area contributed by atoms with E-state index in [0.29, 0.717) is 21.5 Å². The molecule has 7 nitrogen and oxygen atoms in total. The van der Waals surface area contributed by atoms with Gasteiger partial charge in [-0.25, -0.2) is 14.6 Å². The van der Waals surface area contributed by atoms with Crippen molar-refractivity contribution in [1.82, 2.24) is 9.88 Å². The Hall–Kier alpha value is -1.87. The van der Waals surface area contributed by atoms with Crippen LogP contribution in [0, 0.1) is 11.3 Å². The number of halogens is 2. The molecule has 0 spiro atoms. The summed E-state index contributed by atoms with van der Waals surface area (Å²) in [5.74, 6) is -0.731. The number of esters is 1. The van der Waals surface area contributed by atoms with Crippen molar-refractivity contribution in [3.8, 4) is 0 Å². The molecule has 2 aromatic rings. The van der Waals surface area contributed by atoms with Gasteiger partial charge in [-0.2, -0.15) is 0 Å². The summed E-state index contributed by atoms with van der Waals surface area (Å²) in [6.45, 7) is 8.58. The standard InChI is InChI=1S/C23H28Cl2N2O5S/c1-5-31-21(28)17-12-33-19(26-17)9-14-10-27(22(29)30)11-18(23(2,3)4)32-20(14)13-6-7-15(24)16(25)8-13/h6-8,12,14,18,20H,5,9-11H2,1-4H3,(H,29,30)/t14-,18?,20+/m1/s1. The number of carbonyl (C=O) groups excluding carboxylic acids is 1. The maximum atomic E-state index is 12.0. The largest absolute Gasteiger partial charge is 0.465 e. The van der Waals surface area contributed by atoms with E-state index in [4.69, 9.17) is 32.7 Å². The van der Waals surface area contributed by atoms with Gasteiger partial charge in [0.05, 0.1) is 40.4 Å². The van der Waals surface area contributed by atoms with Gasteiger partial charge in [-0.1, -0.05) is 50.0 Å². The normalized spacial score (nSPS) is 21.5. The molecule has 1 aliphatic rings. The Morgan fingerprint density at radius 3 is 2.61 bits per heavy atom. The average molecular weight is 515 g/mol. The van der Waals surface area contributed by atoms with Gasteiger partial charge in [-0.15, -0.1) is 11.3 Å². The maximum absolute atomic E-state index is 12.0. The Kier molecular flexibility index (Phi) is 8.26. The lowest BCUT2D eigenvalue weighted by atomic mass is 9.88.